The number of carbonyl (C=O) groups excluding carboxylic acids is 1. The van der Waals surface area contributed by atoms with E-state index in [9.17, 15) is 9.59 Å². The molecule has 148 valence electrons. The molecule has 7 nitrogen and oxygen atoms in total. The Bertz CT molecular complexity index is 1020. The summed E-state index contributed by atoms with van der Waals surface area (Å²) in [5.74, 6) is 0.668. The lowest BCUT2D eigenvalue weighted by Crippen LogP contribution is -2.49. The summed E-state index contributed by atoms with van der Waals surface area (Å²) in [5.41, 5.74) is 0.854. The lowest BCUT2D eigenvalue weighted by molar-refractivity contribution is 0.0673. The number of piperazine rings is 1. The first-order valence-corrected chi connectivity index (χ1v) is 11.1. The molecule has 0 bridgehead atoms. The maximum atomic E-state index is 12.8. The first-order valence-electron chi connectivity index (χ1n) is 9.29. The highest BCUT2D eigenvalue weighted by molar-refractivity contribution is 7.18. The summed E-state index contributed by atoms with van der Waals surface area (Å²) in [6.45, 7) is 6.88. The topological polar surface area (TPSA) is 78.5 Å². The predicted molar refractivity (Wildman–Crippen MR) is 112 cm³/mol. The summed E-state index contributed by atoms with van der Waals surface area (Å²) in [7, 11) is 0. The van der Waals surface area contributed by atoms with Crippen LogP contribution in [0, 0.1) is 0 Å². The van der Waals surface area contributed by atoms with Crippen LogP contribution in [0.4, 0.5) is 4.79 Å². The van der Waals surface area contributed by atoms with Crippen molar-refractivity contribution < 1.29 is 9.53 Å². The molecule has 0 spiro atoms. The standard InChI is InChI=1S/C19H22N4O3S2/c1-3-26-19(25)23-8-6-22(7-9-23)12(2)16-20-17(24)15-13(11-28-18(15)21-16)14-5-4-10-27-14/h4-5,10-12H,3,6-9H2,1-2H3,(H,20,21,24)/t12-/m1/s1. The molecule has 28 heavy (non-hydrogen) atoms. The number of H-pyrrole nitrogens is 1. The zero-order valence-corrected chi connectivity index (χ0v) is 17.4. The highest BCUT2D eigenvalue weighted by Gasteiger charge is 2.27. The van der Waals surface area contributed by atoms with Crippen molar-refractivity contribution in [3.8, 4) is 10.4 Å². The van der Waals surface area contributed by atoms with Gasteiger partial charge in [-0.05, 0) is 25.3 Å². The molecule has 1 fully saturated rings. The van der Waals surface area contributed by atoms with Gasteiger partial charge in [-0.2, -0.15) is 0 Å². The maximum Gasteiger partial charge on any atom is 0.409 e. The van der Waals surface area contributed by atoms with Gasteiger partial charge in [0.15, 0.2) is 0 Å². The summed E-state index contributed by atoms with van der Waals surface area (Å²) in [6, 6.07) is 3.97. The Morgan fingerprint density at radius 3 is 2.79 bits per heavy atom. The first-order chi connectivity index (χ1) is 13.6. The van der Waals surface area contributed by atoms with Crippen LogP contribution in [0.3, 0.4) is 0 Å². The van der Waals surface area contributed by atoms with Gasteiger partial charge in [0, 0.05) is 42.0 Å². The lowest BCUT2D eigenvalue weighted by atomic mass is 10.2. The summed E-state index contributed by atoms with van der Waals surface area (Å²) in [4.78, 5) is 38.2. The largest absolute Gasteiger partial charge is 0.450 e. The predicted octanol–water partition coefficient (Wildman–Crippen LogP) is 3.55. The van der Waals surface area contributed by atoms with Crippen molar-refractivity contribution in [2.24, 2.45) is 0 Å². The SMILES string of the molecule is CCOC(=O)N1CCN([C@H](C)c2nc3scc(-c4cccs4)c3c(=O)[nH]2)CC1. The van der Waals surface area contributed by atoms with Crippen LogP contribution in [0.25, 0.3) is 20.7 Å². The number of carbonyl (C=O) groups is 1. The van der Waals surface area contributed by atoms with Crippen LogP contribution >= 0.6 is 22.7 Å². The Morgan fingerprint density at radius 1 is 1.32 bits per heavy atom. The van der Waals surface area contributed by atoms with Gasteiger partial charge < -0.3 is 14.6 Å². The van der Waals surface area contributed by atoms with Gasteiger partial charge in [-0.25, -0.2) is 9.78 Å². The summed E-state index contributed by atoms with van der Waals surface area (Å²) in [6.07, 6.45) is -0.262. The molecule has 4 rings (SSSR count). The van der Waals surface area contributed by atoms with Crippen molar-refractivity contribution >= 4 is 39.0 Å². The molecule has 1 amide bonds. The molecule has 0 radical (unpaired) electrons. The second kappa shape index (κ2) is 8.02. The fourth-order valence-corrected chi connectivity index (χ4v) is 5.23. The zero-order valence-electron chi connectivity index (χ0n) is 15.8. The van der Waals surface area contributed by atoms with Crippen LogP contribution in [0.5, 0.6) is 0 Å². The fourth-order valence-electron chi connectivity index (χ4n) is 3.46. The van der Waals surface area contributed by atoms with Gasteiger partial charge in [0.05, 0.1) is 18.0 Å². The number of ether oxygens (including phenoxy) is 1. The molecule has 0 aromatic carbocycles. The molecular weight excluding hydrogens is 396 g/mol. The van der Waals surface area contributed by atoms with Crippen molar-refractivity contribution in [2.45, 2.75) is 19.9 Å². The Balaban J connectivity index is 1.53. The third-order valence-electron chi connectivity index (χ3n) is 5.03. The molecule has 9 heteroatoms. The summed E-state index contributed by atoms with van der Waals surface area (Å²) in [5, 5.41) is 4.67. The molecular formula is C19H22N4O3S2. The van der Waals surface area contributed by atoms with Crippen LogP contribution in [-0.4, -0.2) is 58.6 Å². The molecule has 0 unspecified atom stereocenters. The molecule has 1 aliphatic rings. The lowest BCUT2D eigenvalue weighted by Gasteiger charge is -2.36. The molecule has 4 heterocycles. The van der Waals surface area contributed by atoms with Crippen molar-refractivity contribution in [1.82, 2.24) is 19.8 Å². The smallest absolute Gasteiger partial charge is 0.409 e. The van der Waals surface area contributed by atoms with Crippen LogP contribution in [-0.2, 0) is 4.74 Å². The first kappa shape index (κ1) is 19.1. The van der Waals surface area contributed by atoms with E-state index in [-0.39, 0.29) is 17.7 Å². The molecule has 1 N–H and O–H groups in total. The number of nitrogens with one attached hydrogen (secondary N) is 1. The third kappa shape index (κ3) is 3.57. The second-order valence-corrected chi connectivity index (χ2v) is 8.46. The molecule has 1 aliphatic heterocycles. The highest BCUT2D eigenvalue weighted by Crippen LogP contribution is 2.34. The van der Waals surface area contributed by atoms with Crippen LogP contribution < -0.4 is 5.56 Å². The van der Waals surface area contributed by atoms with E-state index in [4.69, 9.17) is 9.72 Å². The third-order valence-corrected chi connectivity index (χ3v) is 6.81. The minimum atomic E-state index is -0.262. The average Bonchev–Trinajstić information content (AvgIpc) is 3.37. The number of aromatic amines is 1. The molecule has 1 saturated heterocycles. The van der Waals surface area contributed by atoms with Gasteiger partial charge in [-0.3, -0.25) is 9.69 Å². The van der Waals surface area contributed by atoms with Crippen molar-refractivity contribution in [3.63, 3.8) is 0 Å². The highest BCUT2D eigenvalue weighted by atomic mass is 32.1. The van der Waals surface area contributed by atoms with Crippen molar-refractivity contribution in [3.05, 3.63) is 39.1 Å². The number of amides is 1. The molecule has 0 saturated carbocycles. The van der Waals surface area contributed by atoms with E-state index in [0.717, 1.165) is 15.3 Å². The van der Waals surface area contributed by atoms with Gasteiger partial charge in [-0.1, -0.05) is 6.07 Å². The van der Waals surface area contributed by atoms with Gasteiger partial charge in [0.2, 0.25) is 0 Å². The Labute approximate surface area is 170 Å². The van der Waals surface area contributed by atoms with E-state index in [1.165, 1.54) is 11.3 Å². The fraction of sp³-hybridized carbons (Fsp3) is 0.421. The van der Waals surface area contributed by atoms with Crippen molar-refractivity contribution in [2.75, 3.05) is 32.8 Å². The normalized spacial score (nSPS) is 16.4. The summed E-state index contributed by atoms with van der Waals surface area (Å²) >= 11 is 3.12. The van der Waals surface area contributed by atoms with E-state index in [1.807, 2.05) is 36.7 Å². The summed E-state index contributed by atoms with van der Waals surface area (Å²) < 4.78 is 5.07. The Kier molecular flexibility index (Phi) is 5.47. The number of nitrogens with zero attached hydrogens (tertiary/aromatic N) is 3. The monoisotopic (exact) mass is 418 g/mol. The van der Waals surface area contributed by atoms with Gasteiger partial charge in [0.25, 0.3) is 5.56 Å². The van der Waals surface area contributed by atoms with Gasteiger partial charge in [0.1, 0.15) is 10.7 Å². The number of fused-ring (bicyclic) bond motifs is 1. The minimum Gasteiger partial charge on any atom is -0.450 e. The zero-order chi connectivity index (χ0) is 19.7. The van der Waals surface area contributed by atoms with E-state index >= 15 is 0 Å². The molecule has 3 aromatic heterocycles. The second-order valence-electron chi connectivity index (χ2n) is 6.66. The number of aromatic nitrogens is 2. The van der Waals surface area contributed by atoms with Gasteiger partial charge >= 0.3 is 6.09 Å². The number of hydrogen-bond acceptors (Lipinski definition) is 7. The Hall–Kier alpha value is -2.23. The van der Waals surface area contributed by atoms with Crippen LogP contribution in [0.2, 0.25) is 0 Å². The maximum absolute atomic E-state index is 12.8. The van der Waals surface area contributed by atoms with Crippen LogP contribution in [0.15, 0.2) is 27.7 Å². The Morgan fingerprint density at radius 2 is 2.11 bits per heavy atom. The van der Waals surface area contributed by atoms with Gasteiger partial charge in [-0.15, -0.1) is 22.7 Å². The average molecular weight is 419 g/mol. The molecule has 3 aromatic rings. The number of rotatable bonds is 4. The minimum absolute atomic E-state index is 0.0336. The molecule has 0 aliphatic carbocycles. The van der Waals surface area contributed by atoms with E-state index in [2.05, 4.69) is 9.88 Å². The van der Waals surface area contributed by atoms with E-state index < -0.39 is 0 Å². The number of hydrogen-bond donors (Lipinski definition) is 1. The van der Waals surface area contributed by atoms with E-state index in [1.54, 1.807) is 16.2 Å². The van der Waals surface area contributed by atoms with Crippen molar-refractivity contribution in [1.29, 1.82) is 0 Å². The number of thiophene rings is 2. The molecule has 1 atom stereocenters. The van der Waals surface area contributed by atoms with E-state index in [0.29, 0.717) is 44.0 Å². The quantitative estimate of drug-likeness (QED) is 0.701. The van der Waals surface area contributed by atoms with Crippen LogP contribution in [0.1, 0.15) is 25.7 Å².